The molecule has 1 unspecified atom stereocenters. The first kappa shape index (κ1) is 6.08. The van der Waals surface area contributed by atoms with Crippen LogP contribution in [0.5, 0.6) is 0 Å². The maximum absolute atomic E-state index is 5.38. The Morgan fingerprint density at radius 3 is 3.30 bits per heavy atom. The molecule has 0 N–H and O–H groups in total. The lowest BCUT2D eigenvalue weighted by molar-refractivity contribution is 0.0574. The second kappa shape index (κ2) is 2.52. The summed E-state index contributed by atoms with van der Waals surface area (Å²) in [5, 5.41) is 0. The summed E-state index contributed by atoms with van der Waals surface area (Å²) in [6, 6.07) is 0. The van der Waals surface area contributed by atoms with Gasteiger partial charge in [0.05, 0.1) is 0 Å². The number of hydrogen-bond donors (Lipinski definition) is 0. The summed E-state index contributed by atoms with van der Waals surface area (Å²) in [4.78, 5) is 2.30. The van der Waals surface area contributed by atoms with E-state index in [1.54, 1.807) is 0 Å². The Kier molecular flexibility index (Phi) is 1.53. The fourth-order valence-corrected chi connectivity index (χ4v) is 1.62. The third kappa shape index (κ3) is 0.981. The molecule has 0 amide bonds. The van der Waals surface area contributed by atoms with Crippen LogP contribution in [-0.4, -0.2) is 17.7 Å². The minimum atomic E-state index is 0.377. The number of rotatable bonds is 0. The zero-order valence-electron chi connectivity index (χ0n) is 6.12. The highest BCUT2D eigenvalue weighted by atomic mass is 16.5. The molecule has 2 heteroatoms. The quantitative estimate of drug-likeness (QED) is 0.506. The van der Waals surface area contributed by atoms with Crippen molar-refractivity contribution in [3.8, 4) is 0 Å². The Morgan fingerprint density at radius 2 is 2.30 bits per heavy atom. The molecule has 0 bridgehead atoms. The van der Waals surface area contributed by atoms with Crippen LogP contribution >= 0.6 is 0 Å². The monoisotopic (exact) mass is 139 g/mol. The molecule has 2 nitrogen and oxygen atoms in total. The summed E-state index contributed by atoms with van der Waals surface area (Å²) in [5.74, 6) is 0. The maximum atomic E-state index is 5.38. The van der Waals surface area contributed by atoms with Crippen LogP contribution in [0.4, 0.5) is 0 Å². The van der Waals surface area contributed by atoms with Crippen molar-refractivity contribution in [2.75, 3.05) is 6.54 Å². The lowest BCUT2D eigenvalue weighted by atomic mass is 10.2. The smallest absolute Gasteiger partial charge is 0.171 e. The number of hydrogen-bond acceptors (Lipinski definition) is 2. The van der Waals surface area contributed by atoms with E-state index in [9.17, 15) is 0 Å². The largest absolute Gasteiger partial charge is 0.477 e. The summed E-state index contributed by atoms with van der Waals surface area (Å²) in [5.41, 5.74) is 0. The van der Waals surface area contributed by atoms with Gasteiger partial charge in [0, 0.05) is 19.2 Å². The van der Waals surface area contributed by atoms with E-state index in [1.165, 1.54) is 32.2 Å². The van der Waals surface area contributed by atoms with Crippen LogP contribution in [0.25, 0.3) is 0 Å². The summed E-state index contributed by atoms with van der Waals surface area (Å²) in [7, 11) is 0. The number of fused-ring (bicyclic) bond motifs is 1. The van der Waals surface area contributed by atoms with E-state index in [-0.39, 0.29) is 0 Å². The summed E-state index contributed by atoms with van der Waals surface area (Å²) < 4.78 is 5.38. The van der Waals surface area contributed by atoms with E-state index >= 15 is 0 Å². The number of ether oxygens (including phenoxy) is 1. The topological polar surface area (TPSA) is 12.5 Å². The Hall–Kier alpha value is -0.660. The summed E-state index contributed by atoms with van der Waals surface area (Å²) in [6.45, 7) is 1.18. The third-order valence-corrected chi connectivity index (χ3v) is 2.23. The molecular weight excluding hydrogens is 126 g/mol. The molecule has 0 aromatic rings. The average Bonchev–Trinajstić information content (AvgIpc) is 2.28. The predicted molar refractivity (Wildman–Crippen MR) is 39.2 cm³/mol. The van der Waals surface area contributed by atoms with E-state index in [0.29, 0.717) is 6.23 Å². The SMILES string of the molecule is C1=CN2CCCCCC2O1. The van der Waals surface area contributed by atoms with Crippen LogP contribution in [0, 0.1) is 0 Å². The molecule has 10 heavy (non-hydrogen) atoms. The third-order valence-electron chi connectivity index (χ3n) is 2.23. The molecule has 0 spiro atoms. The molecule has 2 aliphatic heterocycles. The van der Waals surface area contributed by atoms with Gasteiger partial charge in [-0.15, -0.1) is 0 Å². The summed E-state index contributed by atoms with van der Waals surface area (Å²) in [6.07, 6.45) is 9.47. The molecule has 0 radical (unpaired) electrons. The maximum Gasteiger partial charge on any atom is 0.171 e. The van der Waals surface area contributed by atoms with Gasteiger partial charge < -0.3 is 9.64 Å². The van der Waals surface area contributed by atoms with Crippen LogP contribution in [0.15, 0.2) is 12.5 Å². The van der Waals surface area contributed by atoms with Crippen molar-refractivity contribution in [3.63, 3.8) is 0 Å². The van der Waals surface area contributed by atoms with Gasteiger partial charge in [-0.25, -0.2) is 0 Å². The van der Waals surface area contributed by atoms with Crippen molar-refractivity contribution in [1.29, 1.82) is 0 Å². The van der Waals surface area contributed by atoms with Gasteiger partial charge in [0.25, 0.3) is 0 Å². The van der Waals surface area contributed by atoms with Gasteiger partial charge in [0.15, 0.2) is 6.23 Å². The molecule has 1 fully saturated rings. The van der Waals surface area contributed by atoms with Gasteiger partial charge in [-0.05, 0) is 12.8 Å². The summed E-state index contributed by atoms with van der Waals surface area (Å²) >= 11 is 0. The van der Waals surface area contributed by atoms with Gasteiger partial charge in [0.1, 0.15) is 6.26 Å². The Morgan fingerprint density at radius 1 is 1.30 bits per heavy atom. The Labute approximate surface area is 61.5 Å². The average molecular weight is 139 g/mol. The second-order valence-corrected chi connectivity index (χ2v) is 2.96. The van der Waals surface area contributed by atoms with E-state index in [2.05, 4.69) is 11.1 Å². The van der Waals surface area contributed by atoms with Crippen LogP contribution < -0.4 is 0 Å². The first-order valence-electron chi connectivity index (χ1n) is 4.05. The van der Waals surface area contributed by atoms with Crippen LogP contribution in [0.3, 0.4) is 0 Å². The van der Waals surface area contributed by atoms with Crippen molar-refractivity contribution in [3.05, 3.63) is 12.5 Å². The number of nitrogens with zero attached hydrogens (tertiary/aromatic N) is 1. The predicted octanol–water partition coefficient (Wildman–Crippen LogP) is 1.69. The van der Waals surface area contributed by atoms with E-state index in [4.69, 9.17) is 4.74 Å². The zero-order valence-corrected chi connectivity index (χ0v) is 6.12. The normalized spacial score (nSPS) is 31.2. The molecule has 1 saturated heterocycles. The lowest BCUT2D eigenvalue weighted by Crippen LogP contribution is -2.26. The molecule has 2 heterocycles. The van der Waals surface area contributed by atoms with Crippen molar-refractivity contribution in [2.24, 2.45) is 0 Å². The lowest BCUT2D eigenvalue weighted by Gasteiger charge is -2.20. The first-order chi connectivity index (χ1) is 4.97. The van der Waals surface area contributed by atoms with Crippen molar-refractivity contribution >= 4 is 0 Å². The fraction of sp³-hybridized carbons (Fsp3) is 0.750. The molecule has 56 valence electrons. The van der Waals surface area contributed by atoms with Gasteiger partial charge >= 0.3 is 0 Å². The molecule has 2 rings (SSSR count). The van der Waals surface area contributed by atoms with Gasteiger partial charge in [0.2, 0.25) is 0 Å². The molecule has 0 saturated carbocycles. The van der Waals surface area contributed by atoms with E-state index in [0.717, 1.165) is 0 Å². The minimum absolute atomic E-state index is 0.377. The first-order valence-corrected chi connectivity index (χ1v) is 4.05. The molecular formula is C8H13NO. The molecule has 1 atom stereocenters. The Balaban J connectivity index is 2.00. The van der Waals surface area contributed by atoms with E-state index < -0.39 is 0 Å². The highest BCUT2D eigenvalue weighted by Gasteiger charge is 2.21. The molecule has 2 aliphatic rings. The van der Waals surface area contributed by atoms with Crippen LogP contribution in [0.1, 0.15) is 25.7 Å². The zero-order chi connectivity index (χ0) is 6.81. The second-order valence-electron chi connectivity index (χ2n) is 2.96. The van der Waals surface area contributed by atoms with Crippen molar-refractivity contribution in [1.82, 2.24) is 4.90 Å². The van der Waals surface area contributed by atoms with Crippen LogP contribution in [-0.2, 0) is 4.74 Å². The highest BCUT2D eigenvalue weighted by molar-refractivity contribution is 4.87. The van der Waals surface area contributed by atoms with E-state index in [1.807, 2.05) is 6.26 Å². The molecule has 0 aromatic heterocycles. The minimum Gasteiger partial charge on any atom is -0.477 e. The van der Waals surface area contributed by atoms with Crippen molar-refractivity contribution in [2.45, 2.75) is 31.9 Å². The van der Waals surface area contributed by atoms with Gasteiger partial charge in [-0.3, -0.25) is 0 Å². The van der Waals surface area contributed by atoms with Crippen molar-refractivity contribution < 1.29 is 4.74 Å². The molecule has 0 aromatic carbocycles. The van der Waals surface area contributed by atoms with Crippen LogP contribution in [0.2, 0.25) is 0 Å². The fourth-order valence-electron chi connectivity index (χ4n) is 1.62. The molecule has 0 aliphatic carbocycles. The Bertz CT molecular complexity index is 144. The van der Waals surface area contributed by atoms with Gasteiger partial charge in [-0.1, -0.05) is 6.42 Å². The standard InChI is InChI=1S/C8H13NO/c1-2-4-8-9(5-3-1)6-7-10-8/h6-8H,1-5H2. The van der Waals surface area contributed by atoms with Gasteiger partial charge in [-0.2, -0.15) is 0 Å². The highest BCUT2D eigenvalue weighted by Crippen LogP contribution is 2.21.